The molecule has 0 spiro atoms. The smallest absolute Gasteiger partial charge is 0.349 e. The van der Waals surface area contributed by atoms with Crippen LogP contribution in [-0.2, 0) is 9.59 Å². The molecule has 0 saturated heterocycles. The lowest BCUT2D eigenvalue weighted by molar-refractivity contribution is -0.130. The number of H-pyrrole nitrogens is 1. The zero-order chi connectivity index (χ0) is 8.27. The van der Waals surface area contributed by atoms with E-state index in [1.807, 2.05) is 0 Å². The monoisotopic (exact) mass is 151 g/mol. The predicted molar refractivity (Wildman–Crippen MR) is 37.5 cm³/mol. The van der Waals surface area contributed by atoms with Gasteiger partial charge in [-0.2, -0.15) is 0 Å². The van der Waals surface area contributed by atoms with E-state index in [2.05, 4.69) is 4.98 Å². The molecule has 0 fully saturated rings. The van der Waals surface area contributed by atoms with Crippen molar-refractivity contribution in [3.05, 3.63) is 24.0 Å². The third-order valence-corrected chi connectivity index (χ3v) is 1.18. The summed E-state index contributed by atoms with van der Waals surface area (Å²) in [6, 6.07) is 3.10. The molecule has 11 heavy (non-hydrogen) atoms. The second-order valence-corrected chi connectivity index (χ2v) is 1.87. The SMILES string of the molecule is O=C=C(C(=O)O)c1ccc[nH]1. The Kier molecular flexibility index (Phi) is 1.90. The minimum absolute atomic E-state index is 0.271. The Morgan fingerprint density at radius 3 is 2.73 bits per heavy atom. The summed E-state index contributed by atoms with van der Waals surface area (Å²) in [6.45, 7) is 0. The van der Waals surface area contributed by atoms with Gasteiger partial charge in [0.05, 0.1) is 5.69 Å². The summed E-state index contributed by atoms with van der Waals surface area (Å²) in [7, 11) is 0. The molecule has 0 saturated carbocycles. The number of hydrogen-bond donors (Lipinski definition) is 2. The molecule has 0 aromatic carbocycles. The summed E-state index contributed by atoms with van der Waals surface area (Å²) in [5.74, 6) is 0.0643. The molecule has 1 heterocycles. The minimum Gasteiger partial charge on any atom is -0.477 e. The van der Waals surface area contributed by atoms with Gasteiger partial charge in [-0.1, -0.05) is 0 Å². The molecule has 0 unspecified atom stereocenters. The Labute approximate surface area is 62.2 Å². The van der Waals surface area contributed by atoms with Crippen LogP contribution in [0, 0.1) is 0 Å². The van der Waals surface area contributed by atoms with Gasteiger partial charge in [0.15, 0.2) is 5.57 Å². The Morgan fingerprint density at radius 2 is 2.36 bits per heavy atom. The number of aromatic amines is 1. The number of aliphatic carboxylic acids is 1. The highest BCUT2D eigenvalue weighted by atomic mass is 16.4. The van der Waals surface area contributed by atoms with Crippen LogP contribution >= 0.6 is 0 Å². The number of carbonyl (C=O) groups is 1. The maximum absolute atomic E-state index is 10.3. The van der Waals surface area contributed by atoms with E-state index in [1.165, 1.54) is 18.2 Å². The van der Waals surface area contributed by atoms with Gasteiger partial charge in [0.2, 0.25) is 0 Å². The third kappa shape index (κ3) is 1.36. The Hall–Kier alpha value is -1.80. The molecular weight excluding hydrogens is 146 g/mol. The van der Waals surface area contributed by atoms with Gasteiger partial charge in [0.1, 0.15) is 5.94 Å². The summed E-state index contributed by atoms with van der Waals surface area (Å²) in [6.07, 6.45) is 1.54. The van der Waals surface area contributed by atoms with Crippen LogP contribution in [-0.4, -0.2) is 22.0 Å². The quantitative estimate of drug-likeness (QED) is 0.472. The van der Waals surface area contributed by atoms with E-state index in [1.54, 1.807) is 6.07 Å². The lowest BCUT2D eigenvalue weighted by atomic mass is 10.2. The van der Waals surface area contributed by atoms with E-state index in [0.29, 0.717) is 0 Å². The van der Waals surface area contributed by atoms with Crippen molar-refractivity contribution in [1.29, 1.82) is 0 Å². The highest BCUT2D eigenvalue weighted by molar-refractivity contribution is 6.23. The lowest BCUT2D eigenvalue weighted by Crippen LogP contribution is -2.00. The summed E-state index contributed by atoms with van der Waals surface area (Å²) < 4.78 is 0. The first-order valence-corrected chi connectivity index (χ1v) is 2.88. The van der Waals surface area contributed by atoms with Crippen LogP contribution < -0.4 is 0 Å². The topological polar surface area (TPSA) is 70.2 Å². The molecule has 0 radical (unpaired) electrons. The van der Waals surface area contributed by atoms with Crippen molar-refractivity contribution < 1.29 is 14.7 Å². The first-order valence-electron chi connectivity index (χ1n) is 2.88. The van der Waals surface area contributed by atoms with Crippen LogP contribution in [0.1, 0.15) is 5.69 Å². The fourth-order valence-corrected chi connectivity index (χ4v) is 0.700. The van der Waals surface area contributed by atoms with Gasteiger partial charge < -0.3 is 10.1 Å². The van der Waals surface area contributed by atoms with Crippen LogP contribution in [0.4, 0.5) is 0 Å². The Balaban J connectivity index is 3.09. The van der Waals surface area contributed by atoms with Crippen molar-refractivity contribution in [2.45, 2.75) is 0 Å². The van der Waals surface area contributed by atoms with Gasteiger partial charge in [0.25, 0.3) is 0 Å². The maximum atomic E-state index is 10.3. The highest BCUT2D eigenvalue weighted by Crippen LogP contribution is 2.07. The summed E-state index contributed by atoms with van der Waals surface area (Å²) in [5.41, 5.74) is -0.109. The molecule has 0 aliphatic rings. The van der Waals surface area contributed by atoms with E-state index in [0.717, 1.165) is 0 Å². The fraction of sp³-hybridized carbons (Fsp3) is 0. The van der Waals surface area contributed by atoms with Crippen LogP contribution in [0.25, 0.3) is 5.57 Å². The third-order valence-electron chi connectivity index (χ3n) is 1.18. The standard InChI is InChI=1S/C7H5NO3/c9-4-5(7(10)11)6-2-1-3-8-6/h1-3,8H,(H,10,11). The number of hydrogen-bond acceptors (Lipinski definition) is 2. The molecule has 4 nitrogen and oxygen atoms in total. The van der Waals surface area contributed by atoms with Gasteiger partial charge in [-0.25, -0.2) is 9.59 Å². The van der Waals surface area contributed by atoms with Gasteiger partial charge >= 0.3 is 5.97 Å². The molecule has 0 amide bonds. The van der Waals surface area contributed by atoms with Gasteiger partial charge in [-0.05, 0) is 12.1 Å². The Bertz CT molecular complexity index is 306. The molecular formula is C7H5NO3. The van der Waals surface area contributed by atoms with Crippen molar-refractivity contribution in [2.24, 2.45) is 0 Å². The van der Waals surface area contributed by atoms with Crippen LogP contribution in [0.15, 0.2) is 18.3 Å². The molecule has 0 atom stereocenters. The largest absolute Gasteiger partial charge is 0.477 e. The normalized spacial score (nSPS) is 8.73. The summed E-state index contributed by atoms with van der Waals surface area (Å²) in [4.78, 5) is 23.0. The first-order chi connectivity index (χ1) is 5.25. The number of carboxylic acid groups (broad SMARTS) is 1. The van der Waals surface area contributed by atoms with Gasteiger partial charge in [-0.15, -0.1) is 0 Å². The van der Waals surface area contributed by atoms with E-state index < -0.39 is 5.97 Å². The number of carbonyl (C=O) groups excluding carboxylic acids is 1. The van der Waals surface area contributed by atoms with Crippen LogP contribution in [0.3, 0.4) is 0 Å². The van der Waals surface area contributed by atoms with Crippen molar-refractivity contribution in [3.8, 4) is 0 Å². The number of rotatable bonds is 2. The number of carboxylic acids is 1. The second kappa shape index (κ2) is 2.86. The van der Waals surface area contributed by atoms with Gasteiger partial charge in [-0.3, -0.25) is 0 Å². The molecule has 0 aliphatic carbocycles. The lowest BCUT2D eigenvalue weighted by Gasteiger charge is -1.90. The molecule has 2 N–H and O–H groups in total. The first kappa shape index (κ1) is 7.31. The highest BCUT2D eigenvalue weighted by Gasteiger charge is 2.11. The molecule has 1 aromatic heterocycles. The average Bonchev–Trinajstić information content (AvgIpc) is 2.40. The Morgan fingerprint density at radius 1 is 1.64 bits per heavy atom. The summed E-state index contributed by atoms with van der Waals surface area (Å²) >= 11 is 0. The number of aromatic nitrogens is 1. The molecule has 1 aromatic rings. The molecule has 0 aliphatic heterocycles. The van der Waals surface area contributed by atoms with Crippen LogP contribution in [0.2, 0.25) is 0 Å². The fourth-order valence-electron chi connectivity index (χ4n) is 0.700. The zero-order valence-corrected chi connectivity index (χ0v) is 5.50. The predicted octanol–water partition coefficient (Wildman–Crippen LogP) is 0.314. The zero-order valence-electron chi connectivity index (χ0n) is 5.50. The van der Waals surface area contributed by atoms with Crippen molar-refractivity contribution >= 4 is 17.5 Å². The van der Waals surface area contributed by atoms with E-state index >= 15 is 0 Å². The molecule has 0 bridgehead atoms. The maximum Gasteiger partial charge on any atom is 0.349 e. The summed E-state index contributed by atoms with van der Waals surface area (Å²) in [5, 5.41) is 8.43. The van der Waals surface area contributed by atoms with Crippen molar-refractivity contribution in [2.75, 3.05) is 0 Å². The van der Waals surface area contributed by atoms with E-state index in [9.17, 15) is 9.59 Å². The van der Waals surface area contributed by atoms with Crippen molar-refractivity contribution in [1.82, 2.24) is 4.98 Å². The average molecular weight is 151 g/mol. The van der Waals surface area contributed by atoms with E-state index in [-0.39, 0.29) is 11.3 Å². The molecule has 4 heteroatoms. The molecule has 56 valence electrons. The van der Waals surface area contributed by atoms with Crippen molar-refractivity contribution in [3.63, 3.8) is 0 Å². The van der Waals surface area contributed by atoms with Gasteiger partial charge in [0, 0.05) is 6.20 Å². The van der Waals surface area contributed by atoms with E-state index in [4.69, 9.17) is 5.11 Å². The van der Waals surface area contributed by atoms with Crippen LogP contribution in [0.5, 0.6) is 0 Å². The minimum atomic E-state index is -1.28. The molecule has 1 rings (SSSR count). The second-order valence-electron chi connectivity index (χ2n) is 1.87. The number of nitrogens with one attached hydrogen (secondary N) is 1.